The van der Waals surface area contributed by atoms with E-state index in [-0.39, 0.29) is 12.1 Å². The molecule has 0 aliphatic carbocycles. The zero-order chi connectivity index (χ0) is 13.1. The number of likely N-dealkylation sites (tertiary alicyclic amines) is 1. The highest BCUT2D eigenvalue weighted by Crippen LogP contribution is 2.29. The third kappa shape index (κ3) is 2.93. The van der Waals surface area contributed by atoms with Crippen LogP contribution in [0.1, 0.15) is 38.9 Å². The Morgan fingerprint density at radius 3 is 2.39 bits per heavy atom. The number of hydrogen-bond donors (Lipinski definition) is 1. The summed E-state index contributed by atoms with van der Waals surface area (Å²) in [5.41, 5.74) is 1.03. The first-order valence-corrected chi connectivity index (χ1v) is 7.06. The van der Waals surface area contributed by atoms with Crippen LogP contribution in [-0.4, -0.2) is 29.1 Å². The highest BCUT2D eigenvalue weighted by Gasteiger charge is 2.31. The maximum atomic E-state index is 10.4. The van der Waals surface area contributed by atoms with Gasteiger partial charge in [0.05, 0.1) is 6.10 Å². The van der Waals surface area contributed by atoms with Crippen LogP contribution in [0.3, 0.4) is 0 Å². The van der Waals surface area contributed by atoms with Crippen molar-refractivity contribution >= 4 is 0 Å². The van der Waals surface area contributed by atoms with Crippen molar-refractivity contribution in [2.75, 3.05) is 13.1 Å². The molecule has 1 heterocycles. The molecule has 1 aliphatic heterocycles. The van der Waals surface area contributed by atoms with Gasteiger partial charge in [0.25, 0.3) is 0 Å². The fourth-order valence-corrected chi connectivity index (χ4v) is 2.86. The van der Waals surface area contributed by atoms with Gasteiger partial charge in [0.15, 0.2) is 0 Å². The van der Waals surface area contributed by atoms with E-state index < -0.39 is 0 Å². The maximum Gasteiger partial charge on any atom is 0.0942 e. The molecule has 0 saturated carbocycles. The van der Waals surface area contributed by atoms with E-state index in [2.05, 4.69) is 25.7 Å². The fraction of sp³-hybridized carbons (Fsp3) is 0.625. The number of nitrogens with zero attached hydrogens (tertiary/aromatic N) is 1. The molecule has 2 nitrogen and oxygen atoms in total. The number of aliphatic hydroxyl groups is 1. The summed E-state index contributed by atoms with van der Waals surface area (Å²) in [7, 11) is 0. The third-order valence-electron chi connectivity index (χ3n) is 4.37. The molecule has 100 valence electrons. The monoisotopic (exact) mass is 247 g/mol. The molecule has 1 fully saturated rings. The van der Waals surface area contributed by atoms with Crippen molar-refractivity contribution in [2.45, 2.75) is 39.3 Å². The van der Waals surface area contributed by atoms with Crippen LogP contribution in [0.15, 0.2) is 30.3 Å². The van der Waals surface area contributed by atoms with E-state index >= 15 is 0 Å². The Bertz CT molecular complexity index is 363. The van der Waals surface area contributed by atoms with E-state index in [0.29, 0.717) is 0 Å². The van der Waals surface area contributed by atoms with Gasteiger partial charge in [-0.2, -0.15) is 0 Å². The average molecular weight is 247 g/mol. The van der Waals surface area contributed by atoms with Gasteiger partial charge in [0.2, 0.25) is 0 Å². The number of rotatable bonds is 4. The van der Waals surface area contributed by atoms with Crippen LogP contribution in [0.5, 0.6) is 0 Å². The molecule has 2 rings (SSSR count). The second-order valence-electron chi connectivity index (χ2n) is 5.88. The number of benzene rings is 1. The Morgan fingerprint density at radius 1 is 1.17 bits per heavy atom. The quantitative estimate of drug-likeness (QED) is 0.884. The summed E-state index contributed by atoms with van der Waals surface area (Å²) in [5, 5.41) is 10.4. The van der Waals surface area contributed by atoms with Crippen molar-refractivity contribution < 1.29 is 5.11 Å². The second-order valence-corrected chi connectivity index (χ2v) is 5.88. The lowest BCUT2D eigenvalue weighted by atomic mass is 9.95. The Balaban J connectivity index is 1.98. The predicted molar refractivity (Wildman–Crippen MR) is 75.4 cm³/mol. The van der Waals surface area contributed by atoms with Crippen LogP contribution < -0.4 is 0 Å². The molecule has 0 amide bonds. The van der Waals surface area contributed by atoms with E-state index in [4.69, 9.17) is 0 Å². The zero-order valence-electron chi connectivity index (χ0n) is 11.7. The standard InChI is InChI=1S/C16H25NO/c1-12(2)15-9-10-17(11-15)13(3)16(18)14-7-5-4-6-8-14/h4-8,12-13,15-16,18H,9-11H2,1-3H3. The molecule has 1 aliphatic rings. The lowest BCUT2D eigenvalue weighted by Crippen LogP contribution is -2.36. The highest BCUT2D eigenvalue weighted by atomic mass is 16.3. The number of hydrogen-bond acceptors (Lipinski definition) is 2. The molecular weight excluding hydrogens is 222 g/mol. The minimum Gasteiger partial charge on any atom is -0.387 e. The van der Waals surface area contributed by atoms with Crippen molar-refractivity contribution in [1.29, 1.82) is 0 Å². The van der Waals surface area contributed by atoms with E-state index in [1.54, 1.807) is 0 Å². The average Bonchev–Trinajstić information content (AvgIpc) is 2.88. The molecule has 1 N–H and O–H groups in total. The van der Waals surface area contributed by atoms with Gasteiger partial charge in [-0.1, -0.05) is 44.2 Å². The van der Waals surface area contributed by atoms with Crippen LogP contribution in [0.4, 0.5) is 0 Å². The van der Waals surface area contributed by atoms with E-state index in [9.17, 15) is 5.11 Å². The molecular formula is C16H25NO. The van der Waals surface area contributed by atoms with Crippen molar-refractivity contribution in [3.8, 4) is 0 Å². The molecule has 2 heteroatoms. The van der Waals surface area contributed by atoms with Crippen molar-refractivity contribution in [1.82, 2.24) is 4.90 Å². The van der Waals surface area contributed by atoms with Crippen molar-refractivity contribution in [3.63, 3.8) is 0 Å². The topological polar surface area (TPSA) is 23.5 Å². The molecule has 1 aromatic rings. The van der Waals surface area contributed by atoms with Crippen LogP contribution in [-0.2, 0) is 0 Å². The summed E-state index contributed by atoms with van der Waals surface area (Å²) in [6, 6.07) is 10.2. The first-order valence-electron chi connectivity index (χ1n) is 7.06. The van der Waals surface area contributed by atoms with Gasteiger partial charge in [-0.05, 0) is 37.3 Å². The summed E-state index contributed by atoms with van der Waals surface area (Å²) in [4.78, 5) is 2.43. The van der Waals surface area contributed by atoms with Gasteiger partial charge < -0.3 is 5.11 Å². The van der Waals surface area contributed by atoms with Gasteiger partial charge in [-0.3, -0.25) is 4.90 Å². The lowest BCUT2D eigenvalue weighted by molar-refractivity contribution is 0.0682. The minimum absolute atomic E-state index is 0.205. The molecule has 0 radical (unpaired) electrons. The normalized spacial score (nSPS) is 24.4. The summed E-state index contributed by atoms with van der Waals surface area (Å²) in [6.45, 7) is 8.98. The first kappa shape index (κ1) is 13.6. The Kier molecular flexibility index (Phi) is 4.41. The van der Waals surface area contributed by atoms with Gasteiger partial charge >= 0.3 is 0 Å². The molecule has 3 unspecified atom stereocenters. The third-order valence-corrected chi connectivity index (χ3v) is 4.37. The second kappa shape index (κ2) is 5.85. The van der Waals surface area contributed by atoms with Crippen molar-refractivity contribution in [3.05, 3.63) is 35.9 Å². The molecule has 0 aromatic heterocycles. The number of aliphatic hydroxyl groups excluding tert-OH is 1. The Morgan fingerprint density at radius 2 is 1.83 bits per heavy atom. The zero-order valence-corrected chi connectivity index (χ0v) is 11.7. The Labute approximate surface area is 111 Å². The molecule has 18 heavy (non-hydrogen) atoms. The van der Waals surface area contributed by atoms with Crippen LogP contribution in [0.25, 0.3) is 0 Å². The lowest BCUT2D eigenvalue weighted by Gasteiger charge is -2.29. The first-order chi connectivity index (χ1) is 8.59. The molecule has 0 spiro atoms. The van der Waals surface area contributed by atoms with Crippen LogP contribution in [0, 0.1) is 11.8 Å². The molecule has 3 atom stereocenters. The highest BCUT2D eigenvalue weighted by molar-refractivity contribution is 5.18. The SMILES string of the molecule is CC(C)C1CCN(C(C)C(O)c2ccccc2)C1. The minimum atomic E-state index is -0.378. The van der Waals surface area contributed by atoms with Gasteiger partial charge in [0, 0.05) is 12.6 Å². The smallest absolute Gasteiger partial charge is 0.0942 e. The summed E-state index contributed by atoms with van der Waals surface area (Å²) < 4.78 is 0. The summed E-state index contributed by atoms with van der Waals surface area (Å²) >= 11 is 0. The predicted octanol–water partition coefficient (Wildman–Crippen LogP) is 3.09. The molecule has 1 saturated heterocycles. The van der Waals surface area contributed by atoms with Gasteiger partial charge in [-0.25, -0.2) is 0 Å². The van der Waals surface area contributed by atoms with Gasteiger partial charge in [-0.15, -0.1) is 0 Å². The largest absolute Gasteiger partial charge is 0.387 e. The Hall–Kier alpha value is -0.860. The van der Waals surface area contributed by atoms with Crippen LogP contribution >= 0.6 is 0 Å². The van der Waals surface area contributed by atoms with Crippen LogP contribution in [0.2, 0.25) is 0 Å². The fourth-order valence-electron chi connectivity index (χ4n) is 2.86. The van der Waals surface area contributed by atoms with Crippen molar-refractivity contribution in [2.24, 2.45) is 11.8 Å². The molecule has 0 bridgehead atoms. The van der Waals surface area contributed by atoms with E-state index in [1.807, 2.05) is 30.3 Å². The summed E-state index contributed by atoms with van der Waals surface area (Å²) in [6.07, 6.45) is 0.890. The van der Waals surface area contributed by atoms with E-state index in [0.717, 1.165) is 30.5 Å². The maximum absolute atomic E-state index is 10.4. The van der Waals surface area contributed by atoms with E-state index in [1.165, 1.54) is 6.42 Å². The summed E-state index contributed by atoms with van der Waals surface area (Å²) in [5.74, 6) is 1.53. The molecule has 1 aromatic carbocycles. The van der Waals surface area contributed by atoms with Gasteiger partial charge in [0.1, 0.15) is 0 Å².